The molecule has 0 saturated carbocycles. The van der Waals surface area contributed by atoms with E-state index in [1.165, 1.54) is 0 Å². The summed E-state index contributed by atoms with van der Waals surface area (Å²) in [7, 11) is 1.72. The number of nitrogens with zero attached hydrogens (tertiary/aromatic N) is 1. The Bertz CT molecular complexity index is 289. The van der Waals surface area contributed by atoms with Crippen molar-refractivity contribution in [2.45, 2.75) is 19.8 Å². The molecule has 0 spiro atoms. The zero-order valence-corrected chi connectivity index (χ0v) is 9.79. The smallest absolute Gasteiger partial charge is 0.0587 e. The molecule has 1 heterocycles. The minimum atomic E-state index is 0.446. The monoisotopic (exact) mass is 208 g/mol. The number of ether oxygens (including phenoxy) is 1. The summed E-state index contributed by atoms with van der Waals surface area (Å²) in [5, 5.41) is 3.34. The van der Waals surface area contributed by atoms with Gasteiger partial charge in [-0.2, -0.15) is 0 Å². The van der Waals surface area contributed by atoms with Gasteiger partial charge in [-0.1, -0.05) is 13.0 Å². The molecule has 0 aliphatic heterocycles. The van der Waals surface area contributed by atoms with Crippen LogP contribution in [0.3, 0.4) is 0 Å². The van der Waals surface area contributed by atoms with Crippen LogP contribution in [0.5, 0.6) is 0 Å². The Kier molecular flexibility index (Phi) is 5.29. The van der Waals surface area contributed by atoms with E-state index in [0.29, 0.717) is 5.92 Å². The van der Waals surface area contributed by atoms with Crippen LogP contribution in [0, 0.1) is 6.92 Å². The van der Waals surface area contributed by atoms with Crippen LogP contribution >= 0.6 is 0 Å². The van der Waals surface area contributed by atoms with Gasteiger partial charge in [0.05, 0.1) is 6.61 Å². The van der Waals surface area contributed by atoms with E-state index >= 15 is 0 Å². The summed E-state index contributed by atoms with van der Waals surface area (Å²) in [4.78, 5) is 4.50. The first-order valence-electron chi connectivity index (χ1n) is 5.37. The van der Waals surface area contributed by atoms with Gasteiger partial charge in [-0.25, -0.2) is 0 Å². The van der Waals surface area contributed by atoms with Crippen molar-refractivity contribution in [2.24, 2.45) is 0 Å². The van der Waals surface area contributed by atoms with Gasteiger partial charge in [0.15, 0.2) is 0 Å². The van der Waals surface area contributed by atoms with Crippen molar-refractivity contribution in [2.75, 3.05) is 26.8 Å². The minimum absolute atomic E-state index is 0.446. The lowest BCUT2D eigenvalue weighted by molar-refractivity contribution is 0.199. The SMILES string of the molecule is COCCNCC(C)c1cccc(C)n1. The molecule has 1 unspecified atom stereocenters. The number of hydrogen-bond donors (Lipinski definition) is 1. The molecule has 0 aliphatic rings. The molecule has 15 heavy (non-hydrogen) atoms. The highest BCUT2D eigenvalue weighted by atomic mass is 16.5. The van der Waals surface area contributed by atoms with Crippen LogP contribution in [0.4, 0.5) is 0 Å². The normalized spacial score (nSPS) is 12.7. The molecule has 84 valence electrons. The summed E-state index contributed by atoms with van der Waals surface area (Å²) in [6.07, 6.45) is 0. The first-order chi connectivity index (χ1) is 7.24. The maximum atomic E-state index is 4.97. The molecule has 0 fully saturated rings. The molecular weight excluding hydrogens is 188 g/mol. The Labute approximate surface area is 91.9 Å². The number of pyridine rings is 1. The molecule has 1 rings (SSSR count). The number of aryl methyl sites for hydroxylation is 1. The molecule has 3 heteroatoms. The number of nitrogens with one attached hydrogen (secondary N) is 1. The average Bonchev–Trinajstić information content (AvgIpc) is 2.24. The average molecular weight is 208 g/mol. The Morgan fingerprint density at radius 3 is 2.93 bits per heavy atom. The van der Waals surface area contributed by atoms with Crippen molar-refractivity contribution in [3.63, 3.8) is 0 Å². The van der Waals surface area contributed by atoms with Crippen LogP contribution in [-0.4, -0.2) is 31.8 Å². The molecule has 0 aromatic carbocycles. The molecule has 0 radical (unpaired) electrons. The van der Waals surface area contributed by atoms with Gasteiger partial charge in [0.25, 0.3) is 0 Å². The zero-order valence-electron chi connectivity index (χ0n) is 9.79. The van der Waals surface area contributed by atoms with Crippen LogP contribution in [0.15, 0.2) is 18.2 Å². The second kappa shape index (κ2) is 6.53. The summed E-state index contributed by atoms with van der Waals surface area (Å²) in [5.41, 5.74) is 2.23. The minimum Gasteiger partial charge on any atom is -0.383 e. The van der Waals surface area contributed by atoms with Gasteiger partial charge in [0.2, 0.25) is 0 Å². The van der Waals surface area contributed by atoms with Gasteiger partial charge >= 0.3 is 0 Å². The van der Waals surface area contributed by atoms with Crippen molar-refractivity contribution in [3.05, 3.63) is 29.6 Å². The molecular formula is C12H20N2O. The molecule has 3 nitrogen and oxygen atoms in total. The van der Waals surface area contributed by atoms with E-state index in [0.717, 1.165) is 31.1 Å². The molecule has 1 aromatic rings. The predicted octanol–water partition coefficient (Wildman–Crippen LogP) is 1.73. The number of methoxy groups -OCH3 is 1. The lowest BCUT2D eigenvalue weighted by Crippen LogP contribution is -2.24. The highest BCUT2D eigenvalue weighted by Gasteiger charge is 2.05. The van der Waals surface area contributed by atoms with Crippen LogP contribution in [0.1, 0.15) is 24.2 Å². The van der Waals surface area contributed by atoms with Gasteiger partial charge in [0.1, 0.15) is 0 Å². The van der Waals surface area contributed by atoms with E-state index < -0.39 is 0 Å². The van der Waals surface area contributed by atoms with Crippen LogP contribution in [0.25, 0.3) is 0 Å². The Balaban J connectivity index is 2.36. The molecule has 1 N–H and O–H groups in total. The predicted molar refractivity (Wildman–Crippen MR) is 62.1 cm³/mol. The Morgan fingerprint density at radius 2 is 2.27 bits per heavy atom. The summed E-state index contributed by atoms with van der Waals surface area (Å²) in [6.45, 7) is 6.80. The van der Waals surface area contributed by atoms with Crippen LogP contribution in [-0.2, 0) is 4.74 Å². The third-order valence-corrected chi connectivity index (χ3v) is 2.35. The van der Waals surface area contributed by atoms with Crippen molar-refractivity contribution in [1.29, 1.82) is 0 Å². The summed E-state index contributed by atoms with van der Waals surface area (Å²) < 4.78 is 4.97. The second-order valence-corrected chi connectivity index (χ2v) is 3.80. The Hall–Kier alpha value is -0.930. The van der Waals surface area contributed by atoms with E-state index in [1.54, 1.807) is 7.11 Å². The molecule has 0 amide bonds. The van der Waals surface area contributed by atoms with Crippen molar-refractivity contribution < 1.29 is 4.74 Å². The standard InChI is InChI=1S/C12H20N2O/c1-10(9-13-7-8-15-3)12-6-4-5-11(2)14-12/h4-6,10,13H,7-9H2,1-3H3. The van der Waals surface area contributed by atoms with Crippen molar-refractivity contribution in [1.82, 2.24) is 10.3 Å². The van der Waals surface area contributed by atoms with Gasteiger partial charge in [-0.05, 0) is 19.1 Å². The summed E-state index contributed by atoms with van der Waals surface area (Å²) >= 11 is 0. The fourth-order valence-corrected chi connectivity index (χ4v) is 1.44. The van der Waals surface area contributed by atoms with Crippen molar-refractivity contribution >= 4 is 0 Å². The Morgan fingerprint density at radius 1 is 1.47 bits per heavy atom. The first-order valence-corrected chi connectivity index (χ1v) is 5.37. The second-order valence-electron chi connectivity index (χ2n) is 3.80. The number of rotatable bonds is 6. The third-order valence-electron chi connectivity index (χ3n) is 2.35. The number of aromatic nitrogens is 1. The topological polar surface area (TPSA) is 34.1 Å². The fourth-order valence-electron chi connectivity index (χ4n) is 1.44. The lowest BCUT2D eigenvalue weighted by Gasteiger charge is -2.12. The lowest BCUT2D eigenvalue weighted by atomic mass is 10.1. The zero-order chi connectivity index (χ0) is 11.1. The first kappa shape index (κ1) is 12.1. The van der Waals surface area contributed by atoms with E-state index in [-0.39, 0.29) is 0 Å². The number of hydrogen-bond acceptors (Lipinski definition) is 3. The van der Waals surface area contributed by atoms with Gasteiger partial charge < -0.3 is 10.1 Å². The fraction of sp³-hybridized carbons (Fsp3) is 0.583. The maximum absolute atomic E-state index is 4.97. The summed E-state index contributed by atoms with van der Waals surface area (Å²) in [6, 6.07) is 6.16. The highest BCUT2D eigenvalue weighted by molar-refractivity contribution is 5.13. The maximum Gasteiger partial charge on any atom is 0.0587 e. The quantitative estimate of drug-likeness (QED) is 0.723. The van der Waals surface area contributed by atoms with E-state index in [2.05, 4.69) is 29.4 Å². The van der Waals surface area contributed by atoms with E-state index in [1.807, 2.05) is 13.0 Å². The molecule has 0 bridgehead atoms. The molecule has 1 atom stereocenters. The third kappa shape index (κ3) is 4.40. The van der Waals surface area contributed by atoms with E-state index in [9.17, 15) is 0 Å². The van der Waals surface area contributed by atoms with Gasteiger partial charge in [0, 0.05) is 37.5 Å². The largest absolute Gasteiger partial charge is 0.383 e. The highest BCUT2D eigenvalue weighted by Crippen LogP contribution is 2.11. The van der Waals surface area contributed by atoms with E-state index in [4.69, 9.17) is 4.74 Å². The van der Waals surface area contributed by atoms with Crippen LogP contribution < -0.4 is 5.32 Å². The molecule has 0 saturated heterocycles. The van der Waals surface area contributed by atoms with Crippen LogP contribution in [0.2, 0.25) is 0 Å². The van der Waals surface area contributed by atoms with Gasteiger partial charge in [-0.3, -0.25) is 4.98 Å². The summed E-state index contributed by atoms with van der Waals surface area (Å²) in [5.74, 6) is 0.446. The molecule has 0 aliphatic carbocycles. The van der Waals surface area contributed by atoms with Gasteiger partial charge in [-0.15, -0.1) is 0 Å². The van der Waals surface area contributed by atoms with Crippen molar-refractivity contribution in [3.8, 4) is 0 Å². The molecule has 1 aromatic heterocycles.